The Morgan fingerprint density at radius 1 is 1.33 bits per heavy atom. The molecule has 1 unspecified atom stereocenters. The van der Waals surface area contributed by atoms with Gasteiger partial charge in [0, 0.05) is 5.56 Å². The Labute approximate surface area is 86.9 Å². The van der Waals surface area contributed by atoms with Crippen molar-refractivity contribution >= 4 is 11.8 Å². The van der Waals surface area contributed by atoms with Crippen LogP contribution in [-0.4, -0.2) is 24.5 Å². The van der Waals surface area contributed by atoms with Crippen molar-refractivity contribution in [2.24, 2.45) is 0 Å². The molecule has 1 aromatic rings. The lowest BCUT2D eigenvalue weighted by molar-refractivity contribution is -0.147. The van der Waals surface area contributed by atoms with Gasteiger partial charge in [-0.25, -0.2) is 9.18 Å². The van der Waals surface area contributed by atoms with Crippen molar-refractivity contribution < 1.29 is 18.7 Å². The van der Waals surface area contributed by atoms with Crippen LogP contribution >= 0.6 is 0 Å². The number of esters is 1. The molecule has 0 saturated carbocycles. The van der Waals surface area contributed by atoms with E-state index in [9.17, 15) is 14.0 Å². The molecule has 0 bridgehead atoms. The molecular weight excluding hydrogens is 199 g/mol. The molecule has 0 radical (unpaired) electrons. The van der Waals surface area contributed by atoms with Crippen LogP contribution in [0.25, 0.3) is 0 Å². The number of ether oxygens (including phenoxy) is 1. The van der Waals surface area contributed by atoms with E-state index in [-0.39, 0.29) is 12.2 Å². The highest BCUT2D eigenvalue weighted by Crippen LogP contribution is 2.07. The molecule has 0 spiro atoms. The maximum atomic E-state index is 13.2. The van der Waals surface area contributed by atoms with Crippen LogP contribution in [0.15, 0.2) is 30.3 Å². The van der Waals surface area contributed by atoms with Crippen molar-refractivity contribution in [1.82, 2.24) is 0 Å². The summed E-state index contributed by atoms with van der Waals surface area (Å²) < 4.78 is 17.7. The van der Waals surface area contributed by atoms with Crippen molar-refractivity contribution in [2.75, 3.05) is 6.61 Å². The van der Waals surface area contributed by atoms with E-state index in [0.717, 1.165) is 0 Å². The number of carbonyl (C=O) groups excluding carboxylic acids is 2. The molecule has 3 nitrogen and oxygen atoms in total. The van der Waals surface area contributed by atoms with Crippen LogP contribution in [-0.2, 0) is 9.53 Å². The fraction of sp³-hybridized carbons (Fsp3) is 0.273. The van der Waals surface area contributed by atoms with Gasteiger partial charge in [-0.1, -0.05) is 30.3 Å². The summed E-state index contributed by atoms with van der Waals surface area (Å²) in [4.78, 5) is 22.3. The first-order valence-corrected chi connectivity index (χ1v) is 4.56. The van der Waals surface area contributed by atoms with E-state index in [2.05, 4.69) is 4.74 Å². The molecule has 0 aliphatic heterocycles. The molecule has 0 amide bonds. The van der Waals surface area contributed by atoms with Gasteiger partial charge < -0.3 is 4.74 Å². The average molecular weight is 210 g/mol. The zero-order chi connectivity index (χ0) is 11.3. The van der Waals surface area contributed by atoms with Crippen LogP contribution in [0, 0.1) is 0 Å². The summed E-state index contributed by atoms with van der Waals surface area (Å²) in [6.07, 6.45) is -2.23. The minimum absolute atomic E-state index is 0.0569. The van der Waals surface area contributed by atoms with E-state index < -0.39 is 17.9 Å². The zero-order valence-electron chi connectivity index (χ0n) is 8.27. The number of hydrogen-bond donors (Lipinski definition) is 0. The lowest BCUT2D eigenvalue weighted by atomic mass is 10.1. The molecule has 0 fully saturated rings. The minimum Gasteiger partial charge on any atom is -0.463 e. The second-order valence-electron chi connectivity index (χ2n) is 2.84. The number of ketones is 1. The third-order valence-electron chi connectivity index (χ3n) is 1.78. The molecule has 4 heteroatoms. The summed E-state index contributed by atoms with van der Waals surface area (Å²) in [6, 6.07) is 7.81. The van der Waals surface area contributed by atoms with Crippen LogP contribution in [0.5, 0.6) is 0 Å². The summed E-state index contributed by atoms with van der Waals surface area (Å²) in [5.74, 6) is -2.00. The number of carbonyl (C=O) groups is 2. The number of hydrogen-bond acceptors (Lipinski definition) is 3. The largest absolute Gasteiger partial charge is 0.463 e. The van der Waals surface area contributed by atoms with Crippen molar-refractivity contribution in [2.45, 2.75) is 13.1 Å². The van der Waals surface area contributed by atoms with Crippen LogP contribution in [0.4, 0.5) is 4.39 Å². The third-order valence-corrected chi connectivity index (χ3v) is 1.78. The predicted octanol–water partition coefficient (Wildman–Crippen LogP) is 1.77. The van der Waals surface area contributed by atoms with Gasteiger partial charge in [0.2, 0.25) is 5.78 Å². The number of halogens is 1. The van der Waals surface area contributed by atoms with Gasteiger partial charge in [0.15, 0.2) is 0 Å². The van der Waals surface area contributed by atoms with Crippen LogP contribution in [0.3, 0.4) is 0 Å². The topological polar surface area (TPSA) is 43.4 Å². The maximum absolute atomic E-state index is 13.2. The van der Waals surface area contributed by atoms with Gasteiger partial charge >= 0.3 is 5.97 Å². The molecule has 80 valence electrons. The van der Waals surface area contributed by atoms with E-state index in [1.807, 2.05) is 0 Å². The van der Waals surface area contributed by atoms with Crippen molar-refractivity contribution in [3.05, 3.63) is 35.9 Å². The Hall–Kier alpha value is -1.71. The van der Waals surface area contributed by atoms with Gasteiger partial charge in [-0.2, -0.15) is 0 Å². The van der Waals surface area contributed by atoms with E-state index in [1.165, 1.54) is 12.1 Å². The van der Waals surface area contributed by atoms with Gasteiger partial charge in [0.25, 0.3) is 6.17 Å². The molecule has 0 aromatic heterocycles. The van der Waals surface area contributed by atoms with Crippen molar-refractivity contribution in [3.63, 3.8) is 0 Å². The Morgan fingerprint density at radius 2 is 1.93 bits per heavy atom. The average Bonchev–Trinajstić information content (AvgIpc) is 2.28. The summed E-state index contributed by atoms with van der Waals surface area (Å²) >= 11 is 0. The molecule has 0 heterocycles. The fourth-order valence-electron chi connectivity index (χ4n) is 1.07. The second kappa shape index (κ2) is 5.24. The van der Waals surface area contributed by atoms with Gasteiger partial charge in [-0.15, -0.1) is 0 Å². The highest BCUT2D eigenvalue weighted by Gasteiger charge is 2.28. The van der Waals surface area contributed by atoms with Gasteiger partial charge in [-0.05, 0) is 6.92 Å². The molecule has 1 atom stereocenters. The predicted molar refractivity (Wildman–Crippen MR) is 52.3 cm³/mol. The van der Waals surface area contributed by atoms with Gasteiger partial charge in [0.05, 0.1) is 6.61 Å². The third kappa shape index (κ3) is 2.87. The first kappa shape index (κ1) is 11.4. The first-order chi connectivity index (χ1) is 7.16. The van der Waals surface area contributed by atoms with E-state index in [4.69, 9.17) is 0 Å². The van der Waals surface area contributed by atoms with Crippen LogP contribution in [0.1, 0.15) is 17.3 Å². The molecule has 15 heavy (non-hydrogen) atoms. The van der Waals surface area contributed by atoms with Crippen molar-refractivity contribution in [1.29, 1.82) is 0 Å². The highest BCUT2D eigenvalue weighted by molar-refractivity contribution is 6.10. The molecule has 0 aliphatic carbocycles. The summed E-state index contributed by atoms with van der Waals surface area (Å²) in [6.45, 7) is 1.61. The summed E-state index contributed by atoms with van der Waals surface area (Å²) in [5, 5.41) is 0. The van der Waals surface area contributed by atoms with Gasteiger partial charge in [0.1, 0.15) is 0 Å². The standard InChI is InChI=1S/C11H11FO3/c1-2-15-11(14)9(12)10(13)8-6-4-3-5-7-8/h3-7,9H,2H2,1H3. The molecule has 1 aromatic carbocycles. The molecule has 0 aliphatic rings. The Balaban J connectivity index is 2.73. The maximum Gasteiger partial charge on any atom is 0.348 e. The number of alkyl halides is 1. The highest BCUT2D eigenvalue weighted by atomic mass is 19.1. The Kier molecular flexibility index (Phi) is 3.97. The number of Topliss-reactive ketones (excluding diaryl/α,β-unsaturated/α-hetero) is 1. The molecular formula is C11H11FO3. The number of benzene rings is 1. The minimum atomic E-state index is -2.23. The number of rotatable bonds is 4. The lowest BCUT2D eigenvalue weighted by Gasteiger charge is -2.06. The fourth-order valence-corrected chi connectivity index (χ4v) is 1.07. The van der Waals surface area contributed by atoms with Crippen LogP contribution < -0.4 is 0 Å². The van der Waals surface area contributed by atoms with E-state index >= 15 is 0 Å². The lowest BCUT2D eigenvalue weighted by Crippen LogP contribution is -2.27. The van der Waals surface area contributed by atoms with Crippen LogP contribution in [0.2, 0.25) is 0 Å². The molecule has 1 rings (SSSR count). The van der Waals surface area contributed by atoms with Gasteiger partial charge in [-0.3, -0.25) is 4.79 Å². The monoisotopic (exact) mass is 210 g/mol. The first-order valence-electron chi connectivity index (χ1n) is 4.56. The normalized spacial score (nSPS) is 11.9. The summed E-state index contributed by atoms with van der Waals surface area (Å²) in [5.41, 5.74) is 0.165. The zero-order valence-corrected chi connectivity index (χ0v) is 8.27. The second-order valence-corrected chi connectivity index (χ2v) is 2.84. The quantitative estimate of drug-likeness (QED) is 0.432. The van der Waals surface area contributed by atoms with Crippen molar-refractivity contribution in [3.8, 4) is 0 Å². The SMILES string of the molecule is CCOC(=O)C(F)C(=O)c1ccccc1. The van der Waals surface area contributed by atoms with E-state index in [0.29, 0.717) is 0 Å². The Bertz CT molecular complexity index is 348. The smallest absolute Gasteiger partial charge is 0.348 e. The molecule has 0 saturated heterocycles. The summed E-state index contributed by atoms with van der Waals surface area (Å²) in [7, 11) is 0. The molecule has 0 N–H and O–H groups in total. The Morgan fingerprint density at radius 3 is 2.47 bits per heavy atom. The van der Waals surface area contributed by atoms with E-state index in [1.54, 1.807) is 25.1 Å².